The van der Waals surface area contributed by atoms with E-state index >= 15 is 0 Å². The number of hydrogen-bond acceptors (Lipinski definition) is 5. The molecule has 10 heteroatoms. The molecule has 1 atom stereocenters. The van der Waals surface area contributed by atoms with Gasteiger partial charge in [0.1, 0.15) is 5.75 Å². The molecule has 0 bridgehead atoms. The van der Waals surface area contributed by atoms with Gasteiger partial charge in [-0.15, -0.1) is 10.2 Å². The molecular formula is C22H21F3N4O2S. The maximum absolute atomic E-state index is 13.4. The average molecular weight is 462 g/mol. The van der Waals surface area contributed by atoms with Crippen LogP contribution in [0.1, 0.15) is 24.8 Å². The normalized spacial score (nSPS) is 17.0. The van der Waals surface area contributed by atoms with Crippen LogP contribution in [-0.2, 0) is 11.0 Å². The number of carbonyl (C=O) groups is 1. The predicted molar refractivity (Wildman–Crippen MR) is 115 cm³/mol. The second-order valence-corrected chi connectivity index (χ2v) is 8.48. The molecule has 168 valence electrons. The molecule has 32 heavy (non-hydrogen) atoms. The first-order valence-corrected chi connectivity index (χ1v) is 11.0. The van der Waals surface area contributed by atoms with Gasteiger partial charge in [-0.25, -0.2) is 0 Å². The molecule has 3 aromatic rings. The highest BCUT2D eigenvalue weighted by molar-refractivity contribution is 8.00. The van der Waals surface area contributed by atoms with Crippen LogP contribution >= 0.6 is 11.8 Å². The highest BCUT2D eigenvalue weighted by atomic mass is 32.2. The Labute approximate surface area is 187 Å². The van der Waals surface area contributed by atoms with Crippen LogP contribution in [0.15, 0.2) is 53.7 Å². The van der Waals surface area contributed by atoms with Crippen molar-refractivity contribution < 1.29 is 22.7 Å². The van der Waals surface area contributed by atoms with Crippen molar-refractivity contribution in [1.82, 2.24) is 20.1 Å². The van der Waals surface area contributed by atoms with Gasteiger partial charge >= 0.3 is 6.18 Å². The number of nitrogens with zero attached hydrogens (tertiary/aromatic N) is 3. The van der Waals surface area contributed by atoms with Gasteiger partial charge in [-0.1, -0.05) is 24.2 Å². The van der Waals surface area contributed by atoms with Crippen molar-refractivity contribution in [2.24, 2.45) is 0 Å². The molecule has 1 N–H and O–H groups in total. The molecule has 0 saturated carbocycles. The first-order chi connectivity index (χ1) is 15.4. The van der Waals surface area contributed by atoms with Gasteiger partial charge in [0, 0.05) is 12.1 Å². The third-order valence-corrected chi connectivity index (χ3v) is 6.36. The Bertz CT molecular complexity index is 1100. The zero-order valence-corrected chi connectivity index (χ0v) is 18.0. The number of methoxy groups -OCH3 is 1. The molecule has 1 aliphatic heterocycles. The standard InChI is InChI=1S/C22H21F3N4O2S/c1-31-17-10-8-14(9-11-17)19-27-28-21(32-18-7-2-3-12-26-20(18)30)29(19)16-6-4-5-15(13-16)22(23,24)25/h4-6,8-11,13,18H,2-3,7,12H2,1H3,(H,26,30). The van der Waals surface area contributed by atoms with Gasteiger partial charge in [0.25, 0.3) is 0 Å². The summed E-state index contributed by atoms with van der Waals surface area (Å²) in [5.74, 6) is 0.921. The second kappa shape index (κ2) is 9.23. The zero-order valence-electron chi connectivity index (χ0n) is 17.2. The predicted octanol–water partition coefficient (Wildman–Crippen LogP) is 4.72. The van der Waals surface area contributed by atoms with Crippen molar-refractivity contribution in [1.29, 1.82) is 0 Å². The summed E-state index contributed by atoms with van der Waals surface area (Å²) in [5.41, 5.74) is 0.160. The minimum atomic E-state index is -4.49. The lowest BCUT2D eigenvalue weighted by molar-refractivity contribution is -0.137. The minimum absolute atomic E-state index is 0.0999. The second-order valence-electron chi connectivity index (χ2n) is 7.31. The van der Waals surface area contributed by atoms with Gasteiger partial charge in [0.15, 0.2) is 11.0 Å². The van der Waals surface area contributed by atoms with E-state index in [1.807, 2.05) is 0 Å². The summed E-state index contributed by atoms with van der Waals surface area (Å²) >= 11 is 1.22. The zero-order chi connectivity index (χ0) is 22.7. The van der Waals surface area contributed by atoms with E-state index in [2.05, 4.69) is 15.5 Å². The van der Waals surface area contributed by atoms with Crippen molar-refractivity contribution in [3.05, 3.63) is 54.1 Å². The molecule has 0 spiro atoms. The van der Waals surface area contributed by atoms with Crippen LogP contribution in [0.3, 0.4) is 0 Å². The molecule has 1 aliphatic rings. The summed E-state index contributed by atoms with van der Waals surface area (Å²) in [6.07, 6.45) is -2.07. The molecule has 1 fully saturated rings. The van der Waals surface area contributed by atoms with Gasteiger partial charge in [-0.3, -0.25) is 9.36 Å². The lowest BCUT2D eigenvalue weighted by atomic mass is 10.1. The molecule has 1 saturated heterocycles. The number of thioether (sulfide) groups is 1. The molecular weight excluding hydrogens is 441 g/mol. The highest BCUT2D eigenvalue weighted by Crippen LogP contribution is 2.35. The Morgan fingerprint density at radius 2 is 1.91 bits per heavy atom. The van der Waals surface area contributed by atoms with Crippen molar-refractivity contribution in [3.8, 4) is 22.8 Å². The van der Waals surface area contributed by atoms with Gasteiger partial charge < -0.3 is 10.1 Å². The number of hydrogen-bond donors (Lipinski definition) is 1. The van der Waals surface area contributed by atoms with Crippen LogP contribution in [0, 0.1) is 0 Å². The topological polar surface area (TPSA) is 69.0 Å². The summed E-state index contributed by atoms with van der Waals surface area (Å²) in [4.78, 5) is 12.4. The minimum Gasteiger partial charge on any atom is -0.497 e. The fourth-order valence-electron chi connectivity index (χ4n) is 3.48. The van der Waals surface area contributed by atoms with E-state index in [0.29, 0.717) is 35.3 Å². The molecule has 0 radical (unpaired) electrons. The smallest absolute Gasteiger partial charge is 0.416 e. The largest absolute Gasteiger partial charge is 0.497 e. The van der Waals surface area contributed by atoms with E-state index in [1.54, 1.807) is 42.0 Å². The van der Waals surface area contributed by atoms with E-state index in [0.717, 1.165) is 25.0 Å². The van der Waals surface area contributed by atoms with Crippen LogP contribution in [-0.4, -0.2) is 39.6 Å². The molecule has 4 rings (SSSR count). The maximum atomic E-state index is 13.4. The van der Waals surface area contributed by atoms with Gasteiger partial charge in [0.2, 0.25) is 5.91 Å². The van der Waals surface area contributed by atoms with Crippen LogP contribution in [0.4, 0.5) is 13.2 Å². The number of amides is 1. The molecule has 6 nitrogen and oxygen atoms in total. The fraction of sp³-hybridized carbons (Fsp3) is 0.318. The SMILES string of the molecule is COc1ccc(-c2nnc(SC3CCCCNC3=O)n2-c2cccc(C(F)(F)F)c2)cc1. The summed E-state index contributed by atoms with van der Waals surface area (Å²) in [6, 6.07) is 12.0. The maximum Gasteiger partial charge on any atom is 0.416 e. The molecule has 1 unspecified atom stereocenters. The molecule has 2 aromatic carbocycles. The first kappa shape index (κ1) is 22.2. The van der Waals surface area contributed by atoms with Crippen LogP contribution in [0.5, 0.6) is 5.75 Å². The summed E-state index contributed by atoms with van der Waals surface area (Å²) < 4.78 is 46.9. The lowest BCUT2D eigenvalue weighted by Crippen LogP contribution is -2.30. The van der Waals surface area contributed by atoms with Crippen molar-refractivity contribution in [3.63, 3.8) is 0 Å². The number of rotatable bonds is 5. The number of halogens is 3. The average Bonchev–Trinajstić information content (AvgIpc) is 3.10. The van der Waals surface area contributed by atoms with Gasteiger partial charge in [-0.05, 0) is 55.3 Å². The highest BCUT2D eigenvalue weighted by Gasteiger charge is 2.31. The van der Waals surface area contributed by atoms with Gasteiger partial charge in [-0.2, -0.15) is 13.2 Å². The number of ether oxygens (including phenoxy) is 1. The van der Waals surface area contributed by atoms with Crippen LogP contribution in [0.25, 0.3) is 17.1 Å². The third-order valence-electron chi connectivity index (χ3n) is 5.15. The van der Waals surface area contributed by atoms with Crippen molar-refractivity contribution >= 4 is 17.7 Å². The Kier molecular flexibility index (Phi) is 6.40. The summed E-state index contributed by atoms with van der Waals surface area (Å²) in [7, 11) is 1.55. The monoisotopic (exact) mass is 462 g/mol. The summed E-state index contributed by atoms with van der Waals surface area (Å²) in [6.45, 7) is 0.618. The van der Waals surface area contributed by atoms with Crippen LogP contribution < -0.4 is 10.1 Å². The third kappa shape index (κ3) is 4.74. The quantitative estimate of drug-likeness (QED) is 0.594. The Morgan fingerprint density at radius 1 is 1.12 bits per heavy atom. The Morgan fingerprint density at radius 3 is 2.62 bits per heavy atom. The molecule has 1 aromatic heterocycles. The van der Waals surface area contributed by atoms with E-state index < -0.39 is 17.0 Å². The number of alkyl halides is 3. The number of aromatic nitrogens is 3. The van der Waals surface area contributed by atoms with E-state index in [9.17, 15) is 18.0 Å². The number of benzene rings is 2. The molecule has 1 amide bonds. The van der Waals surface area contributed by atoms with Gasteiger partial charge in [0.05, 0.1) is 23.6 Å². The van der Waals surface area contributed by atoms with Crippen molar-refractivity contribution in [2.45, 2.75) is 35.8 Å². The molecule has 2 heterocycles. The number of carbonyl (C=O) groups excluding carboxylic acids is 1. The molecule has 0 aliphatic carbocycles. The first-order valence-electron chi connectivity index (χ1n) is 10.1. The summed E-state index contributed by atoms with van der Waals surface area (Å²) in [5, 5.41) is 11.3. The Hall–Kier alpha value is -3.01. The van der Waals surface area contributed by atoms with Crippen molar-refractivity contribution in [2.75, 3.05) is 13.7 Å². The van der Waals surface area contributed by atoms with E-state index in [-0.39, 0.29) is 11.6 Å². The van der Waals surface area contributed by atoms with E-state index in [4.69, 9.17) is 4.74 Å². The van der Waals surface area contributed by atoms with Crippen LogP contribution in [0.2, 0.25) is 0 Å². The fourth-order valence-corrected chi connectivity index (χ4v) is 4.59. The lowest BCUT2D eigenvalue weighted by Gasteiger charge is -2.16. The van der Waals surface area contributed by atoms with E-state index in [1.165, 1.54) is 17.8 Å². The number of nitrogens with one attached hydrogen (secondary N) is 1. The Balaban J connectivity index is 1.80.